The summed E-state index contributed by atoms with van der Waals surface area (Å²) in [6, 6.07) is 21.0. The van der Waals surface area contributed by atoms with Gasteiger partial charge in [0.15, 0.2) is 5.78 Å². The molecule has 232 valence electrons. The van der Waals surface area contributed by atoms with Gasteiger partial charge in [-0.05, 0) is 96.7 Å². The van der Waals surface area contributed by atoms with Crippen molar-refractivity contribution in [2.24, 2.45) is 0 Å². The van der Waals surface area contributed by atoms with Crippen LogP contribution in [0.25, 0.3) is 23.1 Å². The highest BCUT2D eigenvalue weighted by Gasteiger charge is 2.20. The van der Waals surface area contributed by atoms with Crippen LogP contribution >= 0.6 is 0 Å². The number of aromatic nitrogens is 1. The summed E-state index contributed by atoms with van der Waals surface area (Å²) in [4.78, 5) is 37.2. The second kappa shape index (κ2) is 15.3. The molecule has 0 spiro atoms. The number of carbonyl (C=O) groups is 3. The number of hydrogen-bond acceptors (Lipinski definition) is 6. The molecule has 1 heterocycles. The number of nitrogens with one attached hydrogen (secondary N) is 2. The zero-order chi connectivity index (χ0) is 31.6. The van der Waals surface area contributed by atoms with Gasteiger partial charge in [-0.3, -0.25) is 4.79 Å². The number of H-pyrrole nitrogens is 1. The van der Waals surface area contributed by atoms with Gasteiger partial charge in [0.2, 0.25) is 0 Å². The highest BCUT2D eigenvalue weighted by molar-refractivity contribution is 5.98. The third-order valence-corrected chi connectivity index (χ3v) is 8.45. The van der Waals surface area contributed by atoms with Crippen LogP contribution < -0.4 is 5.32 Å². The van der Waals surface area contributed by atoms with Crippen molar-refractivity contribution >= 4 is 40.8 Å². The lowest BCUT2D eigenvalue weighted by Gasteiger charge is -2.27. The fourth-order valence-electron chi connectivity index (χ4n) is 6.10. The Morgan fingerprint density at radius 3 is 2.31 bits per heavy atom. The first-order valence-electron chi connectivity index (χ1n) is 15.5. The Morgan fingerprint density at radius 2 is 1.56 bits per heavy atom. The minimum Gasteiger partial charge on any atom is -0.466 e. The second-order valence-electron chi connectivity index (χ2n) is 11.4. The molecule has 4 aromatic rings. The molecular formula is C38H40N2O5. The summed E-state index contributed by atoms with van der Waals surface area (Å²) >= 11 is 0. The normalized spacial score (nSPS) is 15.8. The molecule has 0 saturated heterocycles. The van der Waals surface area contributed by atoms with E-state index < -0.39 is 0 Å². The summed E-state index contributed by atoms with van der Waals surface area (Å²) in [7, 11) is 2.74. The molecule has 0 radical (unpaired) electrons. The Bertz CT molecular complexity index is 1730. The van der Waals surface area contributed by atoms with E-state index in [1.807, 2.05) is 24.3 Å². The number of ketones is 1. The van der Waals surface area contributed by atoms with Crippen molar-refractivity contribution in [3.8, 4) is 0 Å². The molecular weight excluding hydrogens is 564 g/mol. The van der Waals surface area contributed by atoms with Crippen molar-refractivity contribution in [3.05, 3.63) is 118 Å². The third kappa shape index (κ3) is 8.25. The standard InChI is InChI=1S/C24H26N2O2.C14H14O3/c1-28-24(27)12-10-17-9-11-21-18(15-17)5-4-8-22(21)25-14-13-19-16-26-23-7-3-2-6-20(19)23;1-17-14(16)8-6-10-5-7-12-11(9-10)3-2-4-13(12)15/h2-3,6-7,9-12,15-16,22,25-26H,4-5,8,13-14H2,1H3;5-9H,2-4H2,1H3/b12-10+;8-6+. The molecule has 1 atom stereocenters. The van der Waals surface area contributed by atoms with Gasteiger partial charge < -0.3 is 19.8 Å². The van der Waals surface area contributed by atoms with Gasteiger partial charge in [-0.2, -0.15) is 0 Å². The molecule has 0 fully saturated rings. The summed E-state index contributed by atoms with van der Waals surface area (Å²) < 4.78 is 9.19. The molecule has 0 aliphatic heterocycles. The van der Waals surface area contributed by atoms with Crippen molar-refractivity contribution in [1.29, 1.82) is 0 Å². The number of fused-ring (bicyclic) bond motifs is 3. The fraction of sp³-hybridized carbons (Fsp3) is 0.289. The second-order valence-corrected chi connectivity index (χ2v) is 11.4. The van der Waals surface area contributed by atoms with Gasteiger partial charge in [-0.15, -0.1) is 0 Å². The van der Waals surface area contributed by atoms with Gasteiger partial charge in [-0.1, -0.05) is 54.6 Å². The maximum Gasteiger partial charge on any atom is 0.330 e. The summed E-state index contributed by atoms with van der Waals surface area (Å²) in [6.45, 7) is 0.954. The Morgan fingerprint density at radius 1 is 0.867 bits per heavy atom. The quantitative estimate of drug-likeness (QED) is 0.167. The summed E-state index contributed by atoms with van der Waals surface area (Å²) in [5.74, 6) is -0.483. The van der Waals surface area contributed by atoms with E-state index in [1.165, 1.54) is 60.4 Å². The zero-order valence-corrected chi connectivity index (χ0v) is 25.9. The summed E-state index contributed by atoms with van der Waals surface area (Å²) in [5.41, 5.74) is 9.20. The van der Waals surface area contributed by atoms with Crippen LogP contribution in [-0.2, 0) is 38.3 Å². The number of Topliss-reactive ketones (excluding diaryl/α,β-unsaturated/α-hetero) is 1. The molecule has 2 aliphatic rings. The summed E-state index contributed by atoms with van der Waals surface area (Å²) in [6.07, 6.45) is 15.4. The van der Waals surface area contributed by atoms with Crippen molar-refractivity contribution in [2.75, 3.05) is 20.8 Å². The molecule has 2 N–H and O–H groups in total. The number of aryl methyl sites for hydroxylation is 2. The molecule has 0 amide bonds. The number of carbonyl (C=O) groups excluding carboxylic acids is 3. The van der Waals surface area contributed by atoms with Crippen LogP contribution in [0.4, 0.5) is 0 Å². The third-order valence-electron chi connectivity index (χ3n) is 8.45. The van der Waals surface area contributed by atoms with Crippen LogP contribution in [0.3, 0.4) is 0 Å². The van der Waals surface area contributed by atoms with Crippen LogP contribution in [0.1, 0.15) is 75.5 Å². The Hall–Kier alpha value is -4.75. The Labute approximate surface area is 264 Å². The van der Waals surface area contributed by atoms with E-state index in [4.69, 9.17) is 0 Å². The molecule has 1 aromatic heterocycles. The first kappa shape index (κ1) is 31.7. The van der Waals surface area contributed by atoms with E-state index in [2.05, 4.69) is 68.4 Å². The topological polar surface area (TPSA) is 97.5 Å². The average Bonchev–Trinajstić information content (AvgIpc) is 3.49. The van der Waals surface area contributed by atoms with E-state index in [9.17, 15) is 14.4 Å². The molecule has 0 bridgehead atoms. The first-order valence-corrected chi connectivity index (χ1v) is 15.5. The van der Waals surface area contributed by atoms with Crippen LogP contribution in [0.5, 0.6) is 0 Å². The Kier molecular flexibility index (Phi) is 10.8. The Balaban J connectivity index is 0.000000201. The number of ether oxygens (including phenoxy) is 2. The largest absolute Gasteiger partial charge is 0.466 e. The van der Waals surface area contributed by atoms with Crippen LogP contribution in [-0.4, -0.2) is 43.5 Å². The van der Waals surface area contributed by atoms with Crippen LogP contribution in [0.15, 0.2) is 79.0 Å². The van der Waals surface area contributed by atoms with E-state index in [-0.39, 0.29) is 17.7 Å². The maximum absolute atomic E-state index is 11.6. The molecule has 7 nitrogen and oxygen atoms in total. The smallest absolute Gasteiger partial charge is 0.330 e. The number of methoxy groups -OCH3 is 2. The average molecular weight is 605 g/mol. The number of para-hydroxylation sites is 1. The fourth-order valence-corrected chi connectivity index (χ4v) is 6.10. The van der Waals surface area contributed by atoms with Crippen LogP contribution in [0.2, 0.25) is 0 Å². The summed E-state index contributed by atoms with van der Waals surface area (Å²) in [5, 5.41) is 5.07. The van der Waals surface area contributed by atoms with Crippen LogP contribution in [0, 0.1) is 0 Å². The molecule has 3 aromatic carbocycles. The van der Waals surface area contributed by atoms with Gasteiger partial charge in [0.1, 0.15) is 0 Å². The predicted octanol–water partition coefficient (Wildman–Crippen LogP) is 6.96. The van der Waals surface area contributed by atoms with Crippen molar-refractivity contribution in [3.63, 3.8) is 0 Å². The van der Waals surface area contributed by atoms with E-state index >= 15 is 0 Å². The maximum atomic E-state index is 11.6. The minimum atomic E-state index is -0.376. The lowest BCUT2D eigenvalue weighted by molar-refractivity contribution is -0.135. The molecule has 0 saturated carbocycles. The van der Waals surface area contributed by atoms with Gasteiger partial charge in [0.05, 0.1) is 14.2 Å². The minimum absolute atomic E-state index is 0.217. The van der Waals surface area contributed by atoms with Gasteiger partial charge >= 0.3 is 11.9 Å². The van der Waals surface area contributed by atoms with Crippen molar-refractivity contribution in [2.45, 2.75) is 51.0 Å². The lowest BCUT2D eigenvalue weighted by atomic mass is 9.86. The van der Waals surface area contributed by atoms with Gasteiger partial charge in [0, 0.05) is 47.3 Å². The monoisotopic (exact) mass is 604 g/mol. The molecule has 45 heavy (non-hydrogen) atoms. The molecule has 6 rings (SSSR count). The van der Waals surface area contributed by atoms with E-state index in [1.54, 1.807) is 6.08 Å². The van der Waals surface area contributed by atoms with Crippen molar-refractivity contribution < 1.29 is 23.9 Å². The molecule has 1 unspecified atom stereocenters. The van der Waals surface area contributed by atoms with Gasteiger partial charge in [-0.25, -0.2) is 9.59 Å². The SMILES string of the molecule is COC(=O)/C=C/c1ccc2c(c1)CCCC2=O.COC(=O)/C=C/c1ccc2c(c1)CCCC2NCCc1c[nH]c2ccccc12. The lowest BCUT2D eigenvalue weighted by Crippen LogP contribution is -2.27. The van der Waals surface area contributed by atoms with Gasteiger partial charge in [0.25, 0.3) is 0 Å². The van der Waals surface area contributed by atoms with E-state index in [0.29, 0.717) is 12.5 Å². The molecule has 2 aliphatic carbocycles. The highest BCUT2D eigenvalue weighted by Crippen LogP contribution is 2.31. The number of benzene rings is 3. The van der Waals surface area contributed by atoms with Crippen molar-refractivity contribution in [1.82, 2.24) is 10.3 Å². The highest BCUT2D eigenvalue weighted by atomic mass is 16.5. The first-order chi connectivity index (χ1) is 21.9. The zero-order valence-electron chi connectivity index (χ0n) is 25.9. The van der Waals surface area contributed by atoms with E-state index in [0.717, 1.165) is 60.9 Å². The number of hydrogen-bond donors (Lipinski definition) is 2. The number of rotatable bonds is 8. The number of aromatic amines is 1. The molecule has 7 heteroatoms. The predicted molar refractivity (Wildman–Crippen MR) is 178 cm³/mol. The number of esters is 2.